The van der Waals surface area contributed by atoms with Crippen LogP contribution in [-0.2, 0) is 14.3 Å². The number of para-hydroxylation sites is 1. The van der Waals surface area contributed by atoms with Crippen LogP contribution in [0.25, 0.3) is 5.76 Å². The third-order valence-corrected chi connectivity index (χ3v) is 7.51. The number of aromatic nitrogens is 1. The van der Waals surface area contributed by atoms with E-state index in [1.54, 1.807) is 50.2 Å². The first-order chi connectivity index (χ1) is 19.3. The maximum atomic E-state index is 13.5. The minimum absolute atomic E-state index is 0.0868. The van der Waals surface area contributed by atoms with Crippen molar-refractivity contribution < 1.29 is 29.0 Å². The fraction of sp³-hybridized carbons (Fsp3) is 0.161. The third kappa shape index (κ3) is 5.11. The summed E-state index contributed by atoms with van der Waals surface area (Å²) in [5, 5.41) is 11.5. The Morgan fingerprint density at radius 2 is 1.68 bits per heavy atom. The number of anilines is 1. The number of thiazole rings is 1. The van der Waals surface area contributed by atoms with E-state index >= 15 is 0 Å². The number of hydrogen-bond acceptors (Lipinski definition) is 8. The van der Waals surface area contributed by atoms with E-state index < -0.39 is 23.7 Å². The van der Waals surface area contributed by atoms with Crippen LogP contribution in [0.4, 0.5) is 5.13 Å². The second-order valence-corrected chi connectivity index (χ2v) is 10.1. The summed E-state index contributed by atoms with van der Waals surface area (Å²) < 4.78 is 11.1. The lowest BCUT2D eigenvalue weighted by Crippen LogP contribution is -2.29. The van der Waals surface area contributed by atoms with Gasteiger partial charge in [0.1, 0.15) is 22.1 Å². The standard InChI is InChI=1S/C31H26N2O6S/c1-4-38-30(37)28-19(3)32-31(40-28)33-25(21-9-8-12-23(17-21)39-22-10-6-5-7-11-22)24(27(35)29(33)36)26(34)20-15-13-18(2)14-16-20/h5-17,25,34H,4H2,1-3H3/b26-24+. The van der Waals surface area contributed by atoms with Crippen molar-refractivity contribution in [2.24, 2.45) is 0 Å². The van der Waals surface area contributed by atoms with Gasteiger partial charge in [-0.25, -0.2) is 9.78 Å². The number of esters is 1. The molecule has 9 heteroatoms. The number of Topliss-reactive ketones (excluding diaryl/α,β-unsaturated/α-hetero) is 1. The Morgan fingerprint density at radius 1 is 0.975 bits per heavy atom. The van der Waals surface area contributed by atoms with Crippen molar-refractivity contribution in [1.29, 1.82) is 0 Å². The molecule has 8 nitrogen and oxygen atoms in total. The molecule has 1 atom stereocenters. The molecule has 4 aromatic rings. The molecule has 0 saturated carbocycles. The molecule has 0 radical (unpaired) electrons. The molecule has 0 aliphatic carbocycles. The second-order valence-electron chi connectivity index (χ2n) is 9.15. The van der Waals surface area contributed by atoms with E-state index in [-0.39, 0.29) is 27.9 Å². The van der Waals surface area contributed by atoms with Gasteiger partial charge in [-0.2, -0.15) is 0 Å². The molecular formula is C31H26N2O6S. The van der Waals surface area contributed by atoms with Crippen molar-refractivity contribution in [3.63, 3.8) is 0 Å². The highest BCUT2D eigenvalue weighted by atomic mass is 32.1. The molecule has 1 aliphatic rings. The van der Waals surface area contributed by atoms with Crippen molar-refractivity contribution in [3.05, 3.63) is 112 Å². The Kier molecular flexibility index (Phi) is 7.48. The van der Waals surface area contributed by atoms with Gasteiger partial charge in [-0.15, -0.1) is 0 Å². The normalized spacial score (nSPS) is 16.3. The summed E-state index contributed by atoms with van der Waals surface area (Å²) in [6.07, 6.45) is 0. The van der Waals surface area contributed by atoms with Crippen LogP contribution in [0.5, 0.6) is 11.5 Å². The van der Waals surface area contributed by atoms with Gasteiger partial charge < -0.3 is 14.6 Å². The zero-order valence-corrected chi connectivity index (χ0v) is 22.9. The number of benzene rings is 3. The summed E-state index contributed by atoms with van der Waals surface area (Å²) in [6.45, 7) is 5.43. The van der Waals surface area contributed by atoms with Crippen LogP contribution in [0.3, 0.4) is 0 Å². The Balaban J connectivity index is 1.66. The summed E-state index contributed by atoms with van der Waals surface area (Å²) in [6, 6.07) is 22.1. The number of aryl methyl sites for hydroxylation is 2. The first-order valence-electron chi connectivity index (χ1n) is 12.6. The Bertz CT molecular complexity index is 1630. The molecule has 1 N–H and O–H groups in total. The van der Waals surface area contributed by atoms with Gasteiger partial charge in [0.25, 0.3) is 5.78 Å². The van der Waals surface area contributed by atoms with Crippen LogP contribution in [0.15, 0.2) is 84.4 Å². The largest absolute Gasteiger partial charge is 0.507 e. The number of hydrogen-bond donors (Lipinski definition) is 1. The van der Waals surface area contributed by atoms with Crippen molar-refractivity contribution in [3.8, 4) is 11.5 Å². The highest BCUT2D eigenvalue weighted by Gasteiger charge is 2.48. The van der Waals surface area contributed by atoms with Gasteiger partial charge in [0.05, 0.1) is 23.9 Å². The minimum Gasteiger partial charge on any atom is -0.507 e. The molecule has 0 bridgehead atoms. The molecule has 3 aromatic carbocycles. The molecule has 1 aliphatic heterocycles. The summed E-state index contributed by atoms with van der Waals surface area (Å²) in [5.74, 6) is -1.50. The molecule has 1 saturated heterocycles. The van der Waals surface area contributed by atoms with Gasteiger partial charge in [0, 0.05) is 5.56 Å². The Labute approximate surface area is 235 Å². The fourth-order valence-corrected chi connectivity index (χ4v) is 5.44. The number of carbonyl (C=O) groups is 3. The average Bonchev–Trinajstić information content (AvgIpc) is 3.46. The van der Waals surface area contributed by atoms with Gasteiger partial charge >= 0.3 is 11.9 Å². The van der Waals surface area contributed by atoms with E-state index in [1.807, 2.05) is 49.4 Å². The molecular weight excluding hydrogens is 528 g/mol. The first kappa shape index (κ1) is 26.8. The number of amides is 1. The van der Waals surface area contributed by atoms with Crippen LogP contribution in [-0.4, -0.2) is 34.4 Å². The summed E-state index contributed by atoms with van der Waals surface area (Å²) in [4.78, 5) is 45.5. The maximum Gasteiger partial charge on any atom is 0.350 e. The molecule has 2 heterocycles. The van der Waals surface area contributed by atoms with E-state index in [2.05, 4.69) is 4.98 Å². The zero-order chi connectivity index (χ0) is 28.4. The van der Waals surface area contributed by atoms with E-state index in [0.29, 0.717) is 28.3 Å². The maximum absolute atomic E-state index is 13.5. The van der Waals surface area contributed by atoms with Crippen LogP contribution < -0.4 is 9.64 Å². The predicted molar refractivity (Wildman–Crippen MR) is 152 cm³/mol. The van der Waals surface area contributed by atoms with Gasteiger partial charge in [0.2, 0.25) is 0 Å². The predicted octanol–water partition coefficient (Wildman–Crippen LogP) is 6.36. The van der Waals surface area contributed by atoms with Gasteiger partial charge in [-0.1, -0.05) is 71.5 Å². The number of aliphatic hydroxyl groups excluding tert-OH is 1. The number of ketones is 1. The Hall–Kier alpha value is -4.76. The number of carbonyl (C=O) groups excluding carboxylic acids is 3. The summed E-state index contributed by atoms with van der Waals surface area (Å²) in [7, 11) is 0. The van der Waals surface area contributed by atoms with E-state index in [1.165, 1.54) is 4.90 Å². The molecule has 1 aromatic heterocycles. The quantitative estimate of drug-likeness (QED) is 0.123. The lowest BCUT2D eigenvalue weighted by molar-refractivity contribution is -0.132. The lowest BCUT2D eigenvalue weighted by Gasteiger charge is -2.23. The van der Waals surface area contributed by atoms with E-state index in [9.17, 15) is 19.5 Å². The van der Waals surface area contributed by atoms with Gasteiger partial charge in [0.15, 0.2) is 5.13 Å². The third-order valence-electron chi connectivity index (χ3n) is 6.37. The number of ether oxygens (including phenoxy) is 2. The second kappa shape index (κ2) is 11.2. The van der Waals surface area contributed by atoms with Gasteiger partial charge in [-0.3, -0.25) is 14.5 Å². The smallest absolute Gasteiger partial charge is 0.350 e. The minimum atomic E-state index is -1.03. The summed E-state index contributed by atoms with van der Waals surface area (Å²) in [5.41, 5.74) is 2.18. The highest BCUT2D eigenvalue weighted by molar-refractivity contribution is 7.17. The lowest BCUT2D eigenvalue weighted by atomic mass is 9.95. The van der Waals surface area contributed by atoms with Crippen molar-refractivity contribution in [2.75, 3.05) is 11.5 Å². The molecule has 1 amide bonds. The van der Waals surface area contributed by atoms with Crippen LogP contribution in [0.2, 0.25) is 0 Å². The van der Waals surface area contributed by atoms with E-state index in [0.717, 1.165) is 16.9 Å². The highest BCUT2D eigenvalue weighted by Crippen LogP contribution is 2.44. The molecule has 1 fully saturated rings. The zero-order valence-electron chi connectivity index (χ0n) is 22.1. The van der Waals surface area contributed by atoms with Crippen LogP contribution in [0, 0.1) is 13.8 Å². The summed E-state index contributed by atoms with van der Waals surface area (Å²) >= 11 is 0.959. The topological polar surface area (TPSA) is 106 Å². The molecule has 5 rings (SSSR count). The van der Waals surface area contributed by atoms with E-state index in [4.69, 9.17) is 9.47 Å². The molecule has 40 heavy (non-hydrogen) atoms. The van der Waals surface area contributed by atoms with Crippen LogP contribution in [0.1, 0.15) is 45.0 Å². The molecule has 202 valence electrons. The average molecular weight is 555 g/mol. The van der Waals surface area contributed by atoms with Crippen molar-refractivity contribution in [1.82, 2.24) is 4.98 Å². The number of nitrogens with zero attached hydrogens (tertiary/aromatic N) is 2. The number of rotatable bonds is 7. The SMILES string of the molecule is CCOC(=O)c1sc(N2C(=O)C(=O)/C(=C(/O)c3ccc(C)cc3)C2c2cccc(Oc3ccccc3)c2)nc1C. The first-order valence-corrected chi connectivity index (χ1v) is 13.5. The number of aliphatic hydroxyl groups is 1. The monoisotopic (exact) mass is 554 g/mol. The Morgan fingerprint density at radius 3 is 2.38 bits per heavy atom. The molecule has 1 unspecified atom stereocenters. The fourth-order valence-electron chi connectivity index (χ4n) is 4.46. The van der Waals surface area contributed by atoms with Crippen molar-refractivity contribution >= 4 is 39.9 Å². The van der Waals surface area contributed by atoms with Crippen LogP contribution >= 0.6 is 11.3 Å². The van der Waals surface area contributed by atoms with Gasteiger partial charge in [-0.05, 0) is 50.6 Å². The van der Waals surface area contributed by atoms with Crippen molar-refractivity contribution in [2.45, 2.75) is 26.8 Å². The molecule has 0 spiro atoms.